The van der Waals surface area contributed by atoms with Gasteiger partial charge in [-0.15, -0.1) is 0 Å². The summed E-state index contributed by atoms with van der Waals surface area (Å²) in [5.41, 5.74) is 1.94. The van der Waals surface area contributed by atoms with Gasteiger partial charge in [-0.3, -0.25) is 14.5 Å². The number of hydrogen-bond donors (Lipinski definition) is 1. The molecule has 0 aliphatic carbocycles. The maximum Gasteiger partial charge on any atom is 0.347 e. The summed E-state index contributed by atoms with van der Waals surface area (Å²) in [5, 5.41) is 20.2. The number of hydrogen-bond acceptors (Lipinski definition) is 5. The number of carbonyl (C=O) groups is 1. The van der Waals surface area contributed by atoms with Crippen molar-refractivity contribution in [2.45, 2.75) is 19.8 Å². The molecular formula is C15H13N3O4S. The van der Waals surface area contributed by atoms with Gasteiger partial charge in [0.05, 0.1) is 10.6 Å². The van der Waals surface area contributed by atoms with Crippen LogP contribution in [0.1, 0.15) is 28.7 Å². The predicted octanol–water partition coefficient (Wildman–Crippen LogP) is 3.62. The number of nitro groups is 1. The maximum atomic E-state index is 11.3. The number of imidazole rings is 1. The average Bonchev–Trinajstić information content (AvgIpc) is 3.07. The van der Waals surface area contributed by atoms with E-state index in [0.717, 1.165) is 17.8 Å². The third-order valence-electron chi connectivity index (χ3n) is 3.45. The van der Waals surface area contributed by atoms with Crippen molar-refractivity contribution < 1.29 is 14.8 Å². The van der Waals surface area contributed by atoms with E-state index in [-0.39, 0.29) is 5.69 Å². The molecule has 0 aliphatic rings. The fraction of sp³-hybridized carbons (Fsp3) is 0.200. The molecule has 7 nitrogen and oxygen atoms in total. The van der Waals surface area contributed by atoms with Gasteiger partial charge < -0.3 is 5.11 Å². The van der Waals surface area contributed by atoms with E-state index in [1.165, 1.54) is 12.1 Å². The highest BCUT2D eigenvalue weighted by Crippen LogP contribution is 2.29. The first kappa shape index (κ1) is 15.2. The molecule has 23 heavy (non-hydrogen) atoms. The highest BCUT2D eigenvalue weighted by Gasteiger charge is 2.20. The summed E-state index contributed by atoms with van der Waals surface area (Å²) in [6.07, 6.45) is 3.19. The molecule has 0 amide bonds. The minimum absolute atomic E-state index is 0.00105. The van der Waals surface area contributed by atoms with Crippen LogP contribution in [0.2, 0.25) is 0 Å². The van der Waals surface area contributed by atoms with Crippen LogP contribution < -0.4 is 0 Å². The Hall–Kier alpha value is -2.74. The van der Waals surface area contributed by atoms with Crippen LogP contribution in [-0.4, -0.2) is 25.4 Å². The Labute approximate surface area is 135 Å². The zero-order chi connectivity index (χ0) is 16.6. The first-order chi connectivity index (χ1) is 11.0. The lowest BCUT2D eigenvalue weighted by Gasteiger charge is -1.99. The van der Waals surface area contributed by atoms with Crippen LogP contribution in [0.4, 0.5) is 5.69 Å². The molecule has 0 saturated heterocycles. The quantitative estimate of drug-likeness (QED) is 0.569. The first-order valence-electron chi connectivity index (χ1n) is 7.00. The van der Waals surface area contributed by atoms with Crippen LogP contribution in [0.5, 0.6) is 0 Å². The van der Waals surface area contributed by atoms with Crippen molar-refractivity contribution in [1.29, 1.82) is 0 Å². The molecule has 2 aromatic heterocycles. The van der Waals surface area contributed by atoms with Crippen molar-refractivity contribution in [1.82, 2.24) is 9.38 Å². The maximum absolute atomic E-state index is 11.3. The number of benzene rings is 1. The van der Waals surface area contributed by atoms with Crippen LogP contribution in [0.15, 0.2) is 30.5 Å². The Kier molecular flexibility index (Phi) is 3.83. The topological polar surface area (TPSA) is 97.7 Å². The second-order valence-corrected chi connectivity index (χ2v) is 6.00. The van der Waals surface area contributed by atoms with Crippen molar-refractivity contribution >= 4 is 28.0 Å². The standard InChI is InChI=1S/C15H13N3O4S/c1-2-4-12-13(14(19)20)23-15-16-11(8-17(12)15)9-5-3-6-10(7-9)18(21)22/h3,5-8H,2,4H2,1H3,(H,19,20). The summed E-state index contributed by atoms with van der Waals surface area (Å²) in [4.78, 5) is 27.1. The Balaban J connectivity index is 2.12. The molecular weight excluding hydrogens is 318 g/mol. The highest BCUT2D eigenvalue weighted by molar-refractivity contribution is 7.19. The third kappa shape index (κ3) is 2.68. The van der Waals surface area contributed by atoms with E-state index in [1.807, 2.05) is 6.92 Å². The summed E-state index contributed by atoms with van der Waals surface area (Å²) >= 11 is 1.12. The number of thiazole rings is 1. The van der Waals surface area contributed by atoms with Crippen LogP contribution in [0.3, 0.4) is 0 Å². The summed E-state index contributed by atoms with van der Waals surface area (Å²) in [5.74, 6) is -0.958. The molecule has 0 bridgehead atoms. The lowest BCUT2D eigenvalue weighted by Crippen LogP contribution is -2.00. The molecule has 1 aromatic carbocycles. The van der Waals surface area contributed by atoms with Gasteiger partial charge in [-0.25, -0.2) is 9.78 Å². The largest absolute Gasteiger partial charge is 0.477 e. The van der Waals surface area contributed by atoms with Gasteiger partial charge in [0.15, 0.2) is 4.96 Å². The molecule has 118 valence electrons. The molecule has 1 N–H and O–H groups in total. The number of nitrogens with zero attached hydrogens (tertiary/aromatic N) is 3. The van der Waals surface area contributed by atoms with Crippen LogP contribution >= 0.6 is 11.3 Å². The van der Waals surface area contributed by atoms with Gasteiger partial charge in [0.25, 0.3) is 5.69 Å². The van der Waals surface area contributed by atoms with Crippen molar-refractivity contribution in [3.63, 3.8) is 0 Å². The average molecular weight is 331 g/mol. The zero-order valence-corrected chi connectivity index (χ0v) is 13.0. The zero-order valence-electron chi connectivity index (χ0n) is 12.2. The molecule has 2 heterocycles. The smallest absolute Gasteiger partial charge is 0.347 e. The fourth-order valence-corrected chi connectivity index (χ4v) is 3.44. The number of nitro benzene ring substituents is 1. The number of rotatable bonds is 5. The Morgan fingerprint density at radius 1 is 1.48 bits per heavy atom. The van der Waals surface area contributed by atoms with Crippen LogP contribution in [0.25, 0.3) is 16.2 Å². The predicted molar refractivity (Wildman–Crippen MR) is 86.1 cm³/mol. The normalized spacial score (nSPS) is 11.0. The minimum atomic E-state index is -0.958. The molecule has 0 atom stereocenters. The number of aromatic carboxylic acids is 1. The van der Waals surface area contributed by atoms with E-state index < -0.39 is 10.9 Å². The number of fused-ring (bicyclic) bond motifs is 1. The van der Waals surface area contributed by atoms with Crippen molar-refractivity contribution in [3.05, 3.63) is 51.1 Å². The second kappa shape index (κ2) is 5.81. The monoisotopic (exact) mass is 331 g/mol. The third-order valence-corrected chi connectivity index (χ3v) is 4.54. The lowest BCUT2D eigenvalue weighted by atomic mass is 10.1. The number of non-ortho nitro benzene ring substituents is 1. The fourth-order valence-electron chi connectivity index (χ4n) is 2.44. The minimum Gasteiger partial charge on any atom is -0.477 e. The lowest BCUT2D eigenvalue weighted by molar-refractivity contribution is -0.384. The van der Waals surface area contributed by atoms with Gasteiger partial charge in [0.1, 0.15) is 4.88 Å². The molecule has 0 saturated carbocycles. The Morgan fingerprint density at radius 2 is 2.26 bits per heavy atom. The van der Waals surface area contributed by atoms with Gasteiger partial charge in [0.2, 0.25) is 0 Å². The van der Waals surface area contributed by atoms with Gasteiger partial charge in [-0.1, -0.05) is 36.8 Å². The Morgan fingerprint density at radius 3 is 2.91 bits per heavy atom. The number of carboxylic acids is 1. The molecule has 0 unspecified atom stereocenters. The summed E-state index contributed by atoms with van der Waals surface area (Å²) < 4.78 is 1.77. The number of aryl methyl sites for hydroxylation is 1. The van der Waals surface area contributed by atoms with Gasteiger partial charge in [-0.2, -0.15) is 0 Å². The number of carboxylic acid groups (broad SMARTS) is 1. The summed E-state index contributed by atoms with van der Waals surface area (Å²) in [6.45, 7) is 1.98. The van der Waals surface area contributed by atoms with E-state index >= 15 is 0 Å². The Bertz CT molecular complexity index is 913. The van der Waals surface area contributed by atoms with E-state index in [1.54, 1.807) is 22.7 Å². The van der Waals surface area contributed by atoms with Crippen molar-refractivity contribution in [2.75, 3.05) is 0 Å². The molecule has 3 aromatic rings. The molecule has 3 rings (SSSR count). The molecule has 0 spiro atoms. The second-order valence-electron chi connectivity index (χ2n) is 5.02. The highest BCUT2D eigenvalue weighted by atomic mass is 32.1. The molecule has 0 fully saturated rings. The molecule has 0 radical (unpaired) electrons. The van der Waals surface area contributed by atoms with Gasteiger partial charge in [-0.05, 0) is 6.42 Å². The van der Waals surface area contributed by atoms with E-state index in [9.17, 15) is 20.0 Å². The van der Waals surface area contributed by atoms with Crippen LogP contribution in [-0.2, 0) is 6.42 Å². The van der Waals surface area contributed by atoms with E-state index in [2.05, 4.69) is 4.98 Å². The molecule has 0 aliphatic heterocycles. The van der Waals surface area contributed by atoms with Gasteiger partial charge in [0, 0.05) is 29.6 Å². The van der Waals surface area contributed by atoms with E-state index in [4.69, 9.17) is 0 Å². The van der Waals surface area contributed by atoms with E-state index in [0.29, 0.717) is 33.2 Å². The van der Waals surface area contributed by atoms with Gasteiger partial charge >= 0.3 is 5.97 Å². The number of aromatic nitrogens is 2. The first-order valence-corrected chi connectivity index (χ1v) is 7.81. The summed E-state index contributed by atoms with van der Waals surface area (Å²) in [6, 6.07) is 6.24. The summed E-state index contributed by atoms with van der Waals surface area (Å²) in [7, 11) is 0. The van der Waals surface area contributed by atoms with Crippen molar-refractivity contribution in [2.24, 2.45) is 0 Å². The van der Waals surface area contributed by atoms with Crippen molar-refractivity contribution in [3.8, 4) is 11.3 Å². The SMILES string of the molecule is CCCc1c(C(=O)O)sc2nc(-c3cccc([N+](=O)[O-])c3)cn12. The van der Waals surface area contributed by atoms with Crippen LogP contribution in [0, 0.1) is 10.1 Å². The molecule has 8 heteroatoms.